The van der Waals surface area contributed by atoms with E-state index in [9.17, 15) is 22.4 Å². The summed E-state index contributed by atoms with van der Waals surface area (Å²) in [6.07, 6.45) is -2.92. The lowest BCUT2D eigenvalue weighted by molar-refractivity contribution is -0.137. The first kappa shape index (κ1) is 15.8. The van der Waals surface area contributed by atoms with Crippen LogP contribution in [-0.4, -0.2) is 18.5 Å². The van der Waals surface area contributed by atoms with E-state index in [1.165, 1.54) is 6.07 Å². The molecule has 1 aromatic rings. The zero-order valence-electron chi connectivity index (χ0n) is 11.3. The van der Waals surface area contributed by atoms with Crippen molar-refractivity contribution in [3.63, 3.8) is 0 Å². The summed E-state index contributed by atoms with van der Waals surface area (Å²) in [5.41, 5.74) is -0.710. The molecule has 1 amide bonds. The molecule has 1 aliphatic heterocycles. The highest BCUT2D eigenvalue weighted by atomic mass is 19.4. The molecule has 1 heterocycles. The highest BCUT2D eigenvalue weighted by Gasteiger charge is 2.31. The fourth-order valence-corrected chi connectivity index (χ4v) is 2.33. The van der Waals surface area contributed by atoms with Crippen LogP contribution in [0.15, 0.2) is 18.2 Å². The first-order valence-electron chi connectivity index (χ1n) is 6.67. The third-order valence-corrected chi connectivity index (χ3v) is 3.38. The van der Waals surface area contributed by atoms with Gasteiger partial charge in [0.1, 0.15) is 6.67 Å². The van der Waals surface area contributed by atoms with Crippen molar-refractivity contribution in [2.45, 2.75) is 38.3 Å². The van der Waals surface area contributed by atoms with Crippen molar-refractivity contribution in [1.29, 1.82) is 0 Å². The summed E-state index contributed by atoms with van der Waals surface area (Å²) in [4.78, 5) is 11.8. The Bertz CT molecular complexity index is 510. The van der Waals surface area contributed by atoms with Gasteiger partial charge in [0.05, 0.1) is 11.6 Å². The molecular formula is C14H16F4N2O. The third kappa shape index (κ3) is 4.17. The number of alkyl halides is 4. The molecule has 1 fully saturated rings. The predicted octanol–water partition coefficient (Wildman–Crippen LogP) is 2.54. The third-order valence-electron chi connectivity index (χ3n) is 3.38. The molecule has 116 valence electrons. The molecule has 21 heavy (non-hydrogen) atoms. The minimum absolute atomic E-state index is 0.0477. The van der Waals surface area contributed by atoms with Crippen LogP contribution in [0.2, 0.25) is 0 Å². The Kier molecular flexibility index (Phi) is 4.82. The van der Waals surface area contributed by atoms with Gasteiger partial charge >= 0.3 is 6.18 Å². The van der Waals surface area contributed by atoms with Crippen molar-refractivity contribution >= 4 is 5.91 Å². The summed E-state index contributed by atoms with van der Waals surface area (Å²) in [5, 5.41) is 5.58. The van der Waals surface area contributed by atoms with Crippen molar-refractivity contribution in [1.82, 2.24) is 10.6 Å². The summed E-state index contributed by atoms with van der Waals surface area (Å²) in [7, 11) is 0. The van der Waals surface area contributed by atoms with E-state index in [4.69, 9.17) is 0 Å². The van der Waals surface area contributed by atoms with Crippen LogP contribution in [0, 0.1) is 0 Å². The fourth-order valence-electron chi connectivity index (χ4n) is 2.33. The van der Waals surface area contributed by atoms with Gasteiger partial charge in [-0.1, -0.05) is 6.07 Å². The minimum atomic E-state index is -4.53. The minimum Gasteiger partial charge on any atom is -0.351 e. The molecule has 2 rings (SSSR count). The molecule has 1 atom stereocenters. The number of nitrogens with one attached hydrogen (secondary N) is 2. The number of hydrogen-bond acceptors (Lipinski definition) is 2. The fraction of sp³-hybridized carbons (Fsp3) is 0.500. The van der Waals surface area contributed by atoms with Crippen molar-refractivity contribution in [2.75, 3.05) is 6.54 Å². The SMILES string of the molecule is O=C(NCc1cc(CF)cc(C(F)(F)F)c1)[C@H]1CCCN1. The topological polar surface area (TPSA) is 41.1 Å². The number of hydrogen-bond donors (Lipinski definition) is 2. The van der Waals surface area contributed by atoms with Crippen LogP contribution in [0.1, 0.15) is 29.5 Å². The maximum absolute atomic E-state index is 12.7. The Balaban J connectivity index is 2.06. The molecule has 7 heteroatoms. The highest BCUT2D eigenvalue weighted by molar-refractivity contribution is 5.81. The molecule has 0 unspecified atom stereocenters. The number of amides is 1. The molecule has 2 N–H and O–H groups in total. The first-order valence-corrected chi connectivity index (χ1v) is 6.67. The Labute approximate surface area is 119 Å². The lowest BCUT2D eigenvalue weighted by Gasteiger charge is -2.14. The van der Waals surface area contributed by atoms with Gasteiger partial charge in [-0.05, 0) is 42.6 Å². The Hall–Kier alpha value is -1.63. The Morgan fingerprint density at radius 2 is 2.00 bits per heavy atom. The molecule has 0 radical (unpaired) electrons. The van der Waals surface area contributed by atoms with E-state index in [1.807, 2.05) is 0 Å². The number of carbonyl (C=O) groups excluding carboxylic acids is 1. The van der Waals surface area contributed by atoms with Gasteiger partial charge in [0.25, 0.3) is 0 Å². The molecule has 0 saturated carbocycles. The largest absolute Gasteiger partial charge is 0.416 e. The molecule has 3 nitrogen and oxygen atoms in total. The average Bonchev–Trinajstić information content (AvgIpc) is 2.97. The lowest BCUT2D eigenvalue weighted by Crippen LogP contribution is -2.40. The predicted molar refractivity (Wildman–Crippen MR) is 69.1 cm³/mol. The van der Waals surface area contributed by atoms with E-state index >= 15 is 0 Å². The van der Waals surface area contributed by atoms with Crippen LogP contribution in [0.5, 0.6) is 0 Å². The van der Waals surface area contributed by atoms with Gasteiger partial charge in [-0.3, -0.25) is 4.79 Å². The van der Waals surface area contributed by atoms with Gasteiger partial charge in [0, 0.05) is 6.54 Å². The number of halogens is 4. The quantitative estimate of drug-likeness (QED) is 0.839. The highest BCUT2D eigenvalue weighted by Crippen LogP contribution is 2.31. The number of carbonyl (C=O) groups is 1. The van der Waals surface area contributed by atoms with Crippen LogP contribution in [-0.2, 0) is 24.2 Å². The van der Waals surface area contributed by atoms with E-state index in [-0.39, 0.29) is 29.6 Å². The van der Waals surface area contributed by atoms with Crippen molar-refractivity contribution < 1.29 is 22.4 Å². The second-order valence-corrected chi connectivity index (χ2v) is 5.04. The summed E-state index contributed by atoms with van der Waals surface area (Å²) in [5.74, 6) is -0.244. The maximum Gasteiger partial charge on any atom is 0.416 e. The van der Waals surface area contributed by atoms with E-state index in [2.05, 4.69) is 10.6 Å². The van der Waals surface area contributed by atoms with Crippen molar-refractivity contribution in [3.05, 3.63) is 34.9 Å². The molecule has 1 saturated heterocycles. The Morgan fingerprint density at radius 1 is 1.29 bits per heavy atom. The summed E-state index contributed by atoms with van der Waals surface area (Å²) in [6.45, 7) is -0.267. The van der Waals surface area contributed by atoms with Gasteiger partial charge in [-0.25, -0.2) is 4.39 Å². The van der Waals surface area contributed by atoms with Gasteiger partial charge in [0.2, 0.25) is 5.91 Å². The zero-order valence-corrected chi connectivity index (χ0v) is 11.3. The van der Waals surface area contributed by atoms with Crippen LogP contribution in [0.4, 0.5) is 17.6 Å². The van der Waals surface area contributed by atoms with E-state index in [1.54, 1.807) is 0 Å². The molecule has 1 aromatic carbocycles. The van der Waals surface area contributed by atoms with Gasteiger partial charge in [-0.2, -0.15) is 13.2 Å². The van der Waals surface area contributed by atoms with E-state index in [0.717, 1.165) is 25.1 Å². The monoisotopic (exact) mass is 304 g/mol. The average molecular weight is 304 g/mol. The zero-order chi connectivity index (χ0) is 15.5. The first-order chi connectivity index (χ1) is 9.90. The van der Waals surface area contributed by atoms with Gasteiger partial charge in [0.15, 0.2) is 0 Å². The lowest BCUT2D eigenvalue weighted by atomic mass is 10.1. The summed E-state index contributed by atoms with van der Waals surface area (Å²) < 4.78 is 50.8. The van der Waals surface area contributed by atoms with Crippen molar-refractivity contribution in [2.24, 2.45) is 0 Å². The normalized spacial score (nSPS) is 18.8. The van der Waals surface area contributed by atoms with E-state index < -0.39 is 18.4 Å². The Morgan fingerprint density at radius 3 is 2.57 bits per heavy atom. The molecule has 0 bridgehead atoms. The molecule has 0 aromatic heterocycles. The van der Waals surface area contributed by atoms with Gasteiger partial charge < -0.3 is 10.6 Å². The molecule has 1 aliphatic rings. The maximum atomic E-state index is 12.7. The van der Waals surface area contributed by atoms with Gasteiger partial charge in [-0.15, -0.1) is 0 Å². The summed E-state index contributed by atoms with van der Waals surface area (Å²) in [6, 6.07) is 2.75. The number of rotatable bonds is 4. The van der Waals surface area contributed by atoms with Crippen LogP contribution >= 0.6 is 0 Å². The van der Waals surface area contributed by atoms with Crippen molar-refractivity contribution in [3.8, 4) is 0 Å². The standard InChI is InChI=1S/C14H16F4N2O/c15-7-9-4-10(6-11(5-9)14(16,17)18)8-20-13(21)12-2-1-3-19-12/h4-6,12,19H,1-3,7-8H2,(H,20,21)/t12-/m1/s1. The second kappa shape index (κ2) is 6.43. The smallest absolute Gasteiger partial charge is 0.351 e. The second-order valence-electron chi connectivity index (χ2n) is 5.04. The van der Waals surface area contributed by atoms with Crippen LogP contribution in [0.25, 0.3) is 0 Å². The molecule has 0 spiro atoms. The molecular weight excluding hydrogens is 288 g/mol. The number of benzene rings is 1. The summed E-state index contributed by atoms with van der Waals surface area (Å²) >= 11 is 0. The van der Waals surface area contributed by atoms with Crippen LogP contribution < -0.4 is 10.6 Å². The van der Waals surface area contributed by atoms with E-state index in [0.29, 0.717) is 6.42 Å². The molecule has 0 aliphatic carbocycles. The van der Waals surface area contributed by atoms with Crippen LogP contribution in [0.3, 0.4) is 0 Å².